The zero-order valence-electron chi connectivity index (χ0n) is 9.02. The summed E-state index contributed by atoms with van der Waals surface area (Å²) >= 11 is 0. The van der Waals surface area contributed by atoms with Gasteiger partial charge in [0.05, 0.1) is 0 Å². The highest BCUT2D eigenvalue weighted by atomic mass is 19.4. The van der Waals surface area contributed by atoms with Crippen LogP contribution in [0.3, 0.4) is 0 Å². The van der Waals surface area contributed by atoms with E-state index in [9.17, 15) is 57.1 Å². The normalized spacial score (nSPS) is 19.6. The number of alkyl halides is 13. The van der Waals surface area contributed by atoms with E-state index in [-0.39, 0.29) is 0 Å². The van der Waals surface area contributed by atoms with Crippen LogP contribution in [0, 0.1) is 5.92 Å². The Labute approximate surface area is 106 Å². The standard InChI is InChI=1S/C7H3F13O/c8-2(9)1(4(12,13)14)3(10,11)5(15,6(16,17)18)7(19,20)21/h1-2,21H. The lowest BCUT2D eigenvalue weighted by Crippen LogP contribution is -2.70. The molecule has 0 aliphatic carbocycles. The molecular formula is C7H3F13O. The highest BCUT2D eigenvalue weighted by Gasteiger charge is 2.87. The van der Waals surface area contributed by atoms with Gasteiger partial charge < -0.3 is 5.11 Å². The summed E-state index contributed by atoms with van der Waals surface area (Å²) in [5.41, 5.74) is -7.58. The summed E-state index contributed by atoms with van der Waals surface area (Å²) in [5, 5.41) is 7.58. The van der Waals surface area contributed by atoms with Crippen LogP contribution in [-0.4, -0.2) is 41.6 Å². The molecule has 2 atom stereocenters. The van der Waals surface area contributed by atoms with Crippen LogP contribution in [0.15, 0.2) is 0 Å². The van der Waals surface area contributed by atoms with Crippen molar-refractivity contribution in [2.24, 2.45) is 5.92 Å². The van der Waals surface area contributed by atoms with Gasteiger partial charge in [-0.1, -0.05) is 0 Å². The lowest BCUT2D eigenvalue weighted by Gasteiger charge is -2.40. The maximum Gasteiger partial charge on any atom is 0.437 e. The van der Waals surface area contributed by atoms with Gasteiger partial charge >= 0.3 is 30.1 Å². The van der Waals surface area contributed by atoms with Gasteiger partial charge in [-0.25, -0.2) is 22.0 Å². The predicted molar refractivity (Wildman–Crippen MR) is 37.6 cm³/mol. The zero-order valence-corrected chi connectivity index (χ0v) is 9.02. The first kappa shape index (κ1) is 20.1. The lowest BCUT2D eigenvalue weighted by atomic mass is 9.85. The van der Waals surface area contributed by atoms with E-state index in [1.807, 2.05) is 0 Å². The Kier molecular flexibility index (Phi) is 4.82. The van der Waals surface area contributed by atoms with Gasteiger partial charge in [-0.05, 0) is 0 Å². The maximum atomic E-state index is 13.0. The molecule has 0 heterocycles. The third kappa shape index (κ3) is 3.13. The minimum atomic E-state index is -7.58. The molecule has 0 saturated carbocycles. The fourth-order valence-corrected chi connectivity index (χ4v) is 1.28. The number of hydrogen-bond acceptors (Lipinski definition) is 1. The third-order valence-corrected chi connectivity index (χ3v) is 2.26. The quantitative estimate of drug-likeness (QED) is 0.762. The molecule has 0 aromatic heterocycles. The highest BCUT2D eigenvalue weighted by Crippen LogP contribution is 2.59. The van der Waals surface area contributed by atoms with Gasteiger partial charge in [0.25, 0.3) is 6.43 Å². The van der Waals surface area contributed by atoms with Gasteiger partial charge in [-0.2, -0.15) is 35.1 Å². The Bertz CT molecular complexity index is 346. The van der Waals surface area contributed by atoms with Crippen molar-refractivity contribution in [2.45, 2.75) is 36.5 Å². The van der Waals surface area contributed by atoms with Gasteiger partial charge in [0, 0.05) is 0 Å². The molecule has 2 unspecified atom stereocenters. The molecule has 14 heteroatoms. The zero-order chi connectivity index (χ0) is 17.7. The van der Waals surface area contributed by atoms with Crippen molar-refractivity contribution in [3.8, 4) is 0 Å². The van der Waals surface area contributed by atoms with Gasteiger partial charge in [0.1, 0.15) is 0 Å². The fourth-order valence-electron chi connectivity index (χ4n) is 1.28. The number of rotatable bonds is 4. The van der Waals surface area contributed by atoms with Crippen LogP contribution < -0.4 is 0 Å². The molecule has 0 aromatic carbocycles. The second kappa shape index (κ2) is 5.05. The van der Waals surface area contributed by atoms with E-state index in [0.717, 1.165) is 0 Å². The summed E-state index contributed by atoms with van der Waals surface area (Å²) in [5.74, 6) is -13.1. The van der Waals surface area contributed by atoms with E-state index in [4.69, 9.17) is 5.11 Å². The summed E-state index contributed by atoms with van der Waals surface area (Å²) in [6, 6.07) is 0. The third-order valence-electron chi connectivity index (χ3n) is 2.26. The molecule has 1 N–H and O–H groups in total. The average Bonchev–Trinajstić information content (AvgIpc) is 2.07. The van der Waals surface area contributed by atoms with Crippen LogP contribution in [-0.2, 0) is 0 Å². The summed E-state index contributed by atoms with van der Waals surface area (Å²) < 4.78 is 159. The summed E-state index contributed by atoms with van der Waals surface area (Å²) in [4.78, 5) is 0. The Morgan fingerprint density at radius 1 is 0.667 bits per heavy atom. The molecule has 0 aromatic rings. The number of aliphatic hydroxyl groups is 1. The van der Waals surface area contributed by atoms with Gasteiger partial charge in [-0.3, -0.25) is 0 Å². The average molecular weight is 350 g/mol. The van der Waals surface area contributed by atoms with E-state index in [2.05, 4.69) is 0 Å². The van der Waals surface area contributed by atoms with Crippen LogP contribution in [0.1, 0.15) is 0 Å². The summed E-state index contributed by atoms with van der Waals surface area (Å²) in [6.45, 7) is 0. The smallest absolute Gasteiger partial charge is 0.333 e. The van der Waals surface area contributed by atoms with Crippen LogP contribution in [0.2, 0.25) is 0 Å². The molecule has 21 heavy (non-hydrogen) atoms. The summed E-state index contributed by atoms with van der Waals surface area (Å²) in [7, 11) is 0. The minimum Gasteiger partial charge on any atom is -0.333 e. The van der Waals surface area contributed by atoms with Crippen molar-refractivity contribution < 1.29 is 62.2 Å². The van der Waals surface area contributed by atoms with Gasteiger partial charge in [0.15, 0.2) is 5.92 Å². The van der Waals surface area contributed by atoms with Crippen molar-refractivity contribution in [2.75, 3.05) is 0 Å². The Morgan fingerprint density at radius 3 is 1.14 bits per heavy atom. The van der Waals surface area contributed by atoms with Gasteiger partial charge in [-0.15, -0.1) is 0 Å². The first-order valence-corrected chi connectivity index (χ1v) is 4.40. The van der Waals surface area contributed by atoms with Crippen molar-refractivity contribution in [1.29, 1.82) is 0 Å². The van der Waals surface area contributed by atoms with Crippen molar-refractivity contribution in [1.82, 2.24) is 0 Å². The summed E-state index contributed by atoms with van der Waals surface area (Å²) in [6.07, 6.45) is -26.9. The number of halogens is 13. The molecule has 0 radical (unpaired) electrons. The van der Waals surface area contributed by atoms with E-state index >= 15 is 0 Å². The van der Waals surface area contributed by atoms with Crippen LogP contribution in [0.25, 0.3) is 0 Å². The second-order valence-electron chi connectivity index (χ2n) is 3.67. The molecular weight excluding hydrogens is 347 g/mol. The predicted octanol–water partition coefficient (Wildman–Crippen LogP) is 3.92. The largest absolute Gasteiger partial charge is 0.437 e. The Balaban J connectivity index is 6.38. The van der Waals surface area contributed by atoms with E-state index in [0.29, 0.717) is 0 Å². The topological polar surface area (TPSA) is 20.2 Å². The fraction of sp³-hybridized carbons (Fsp3) is 1.00. The van der Waals surface area contributed by atoms with Crippen molar-refractivity contribution in [3.05, 3.63) is 0 Å². The molecule has 0 aliphatic heterocycles. The SMILES string of the molecule is OC(F)(F)C(F)(C(F)(F)F)C(F)(F)C(C(F)F)C(F)(F)F. The van der Waals surface area contributed by atoms with E-state index in [1.165, 1.54) is 0 Å². The van der Waals surface area contributed by atoms with E-state index < -0.39 is 42.4 Å². The van der Waals surface area contributed by atoms with Crippen LogP contribution in [0.4, 0.5) is 57.1 Å². The maximum absolute atomic E-state index is 13.0. The Hall–Kier alpha value is -0.950. The number of hydrogen-bond donors (Lipinski definition) is 1. The highest BCUT2D eigenvalue weighted by molar-refractivity contribution is 5.09. The van der Waals surface area contributed by atoms with Crippen molar-refractivity contribution in [3.63, 3.8) is 0 Å². The lowest BCUT2D eigenvalue weighted by molar-refractivity contribution is -0.440. The molecule has 0 fully saturated rings. The van der Waals surface area contributed by atoms with Crippen LogP contribution >= 0.6 is 0 Å². The first-order valence-electron chi connectivity index (χ1n) is 4.40. The first-order chi connectivity index (χ1) is 8.82. The monoisotopic (exact) mass is 350 g/mol. The molecule has 1 nitrogen and oxygen atoms in total. The molecule has 0 bridgehead atoms. The van der Waals surface area contributed by atoms with Crippen molar-refractivity contribution >= 4 is 0 Å². The molecule has 0 rings (SSSR count). The second-order valence-corrected chi connectivity index (χ2v) is 3.67. The molecule has 0 spiro atoms. The molecule has 128 valence electrons. The minimum absolute atomic E-state index is 5.38. The van der Waals surface area contributed by atoms with Crippen LogP contribution in [0.5, 0.6) is 0 Å². The molecule has 0 aliphatic rings. The Morgan fingerprint density at radius 2 is 1.00 bits per heavy atom. The van der Waals surface area contributed by atoms with Gasteiger partial charge in [0.2, 0.25) is 0 Å². The molecule has 0 amide bonds. The van der Waals surface area contributed by atoms with E-state index in [1.54, 1.807) is 0 Å². The molecule has 0 saturated heterocycles.